The molecule has 0 aromatic carbocycles. The van der Waals surface area contributed by atoms with Crippen molar-refractivity contribution in [3.63, 3.8) is 0 Å². The van der Waals surface area contributed by atoms with Crippen LogP contribution in [0.15, 0.2) is 16.3 Å². The largest absolute Gasteiger partial charge is 0.375 e. The van der Waals surface area contributed by atoms with E-state index in [9.17, 15) is 0 Å². The third-order valence-corrected chi connectivity index (χ3v) is 2.29. The van der Waals surface area contributed by atoms with Crippen molar-refractivity contribution in [1.29, 1.82) is 0 Å². The van der Waals surface area contributed by atoms with E-state index in [1.54, 1.807) is 0 Å². The summed E-state index contributed by atoms with van der Waals surface area (Å²) in [4.78, 5) is 4.38. The van der Waals surface area contributed by atoms with Gasteiger partial charge < -0.3 is 10.1 Å². The number of nitrogens with zero attached hydrogens (tertiary/aromatic N) is 1. The van der Waals surface area contributed by atoms with Crippen LogP contribution in [0, 0.1) is 0 Å². The minimum atomic E-state index is 0.269. The van der Waals surface area contributed by atoms with Crippen LogP contribution in [0.4, 0.5) is 0 Å². The lowest BCUT2D eigenvalue weighted by Crippen LogP contribution is -2.34. The molecule has 3 heteroatoms. The van der Waals surface area contributed by atoms with Gasteiger partial charge in [0.1, 0.15) is 6.17 Å². The summed E-state index contributed by atoms with van der Waals surface area (Å²) in [5.74, 6) is 0. The van der Waals surface area contributed by atoms with E-state index in [0.717, 1.165) is 26.1 Å². The fourth-order valence-corrected chi connectivity index (χ4v) is 1.50. The van der Waals surface area contributed by atoms with Crippen LogP contribution in [0.25, 0.3) is 0 Å². The van der Waals surface area contributed by atoms with Crippen LogP contribution in [0.5, 0.6) is 0 Å². The molecule has 0 amide bonds. The van der Waals surface area contributed by atoms with Crippen LogP contribution in [-0.4, -0.2) is 25.6 Å². The third kappa shape index (κ3) is 1.37. The maximum Gasteiger partial charge on any atom is 0.118 e. The molecule has 1 N–H and O–H groups in total. The molecule has 0 spiro atoms. The van der Waals surface area contributed by atoms with E-state index in [1.807, 2.05) is 6.21 Å². The van der Waals surface area contributed by atoms with Crippen molar-refractivity contribution in [2.24, 2.45) is 4.99 Å². The van der Waals surface area contributed by atoms with Gasteiger partial charge in [-0.15, -0.1) is 0 Å². The highest BCUT2D eigenvalue weighted by atomic mass is 16.5. The van der Waals surface area contributed by atoms with Gasteiger partial charge in [-0.25, -0.2) is 0 Å². The Labute approximate surface area is 72.5 Å². The van der Waals surface area contributed by atoms with Gasteiger partial charge in [0.15, 0.2) is 0 Å². The van der Waals surface area contributed by atoms with Gasteiger partial charge in [0.05, 0.1) is 13.2 Å². The zero-order chi connectivity index (χ0) is 8.39. The van der Waals surface area contributed by atoms with E-state index in [0.29, 0.717) is 0 Å². The Hall–Kier alpha value is -0.830. The highest BCUT2D eigenvalue weighted by Gasteiger charge is 2.17. The molecule has 0 aromatic heterocycles. The van der Waals surface area contributed by atoms with Crippen molar-refractivity contribution in [2.45, 2.75) is 25.9 Å². The SMILES string of the molecule is CCC1N=CC2=C(COCC2)N1. The number of hydrogen-bond donors (Lipinski definition) is 1. The van der Waals surface area contributed by atoms with Crippen LogP contribution in [0.3, 0.4) is 0 Å². The molecule has 2 rings (SSSR count). The zero-order valence-corrected chi connectivity index (χ0v) is 7.34. The second-order valence-corrected chi connectivity index (χ2v) is 3.15. The lowest BCUT2D eigenvalue weighted by atomic mass is 10.1. The lowest BCUT2D eigenvalue weighted by molar-refractivity contribution is 0.141. The van der Waals surface area contributed by atoms with Crippen molar-refractivity contribution >= 4 is 6.21 Å². The molecule has 0 bridgehead atoms. The summed E-state index contributed by atoms with van der Waals surface area (Å²) in [6.45, 7) is 3.70. The Morgan fingerprint density at radius 1 is 1.75 bits per heavy atom. The third-order valence-electron chi connectivity index (χ3n) is 2.29. The van der Waals surface area contributed by atoms with Crippen molar-refractivity contribution in [1.82, 2.24) is 5.32 Å². The van der Waals surface area contributed by atoms with E-state index in [1.165, 1.54) is 11.3 Å². The molecule has 0 aliphatic carbocycles. The van der Waals surface area contributed by atoms with Gasteiger partial charge in [-0.1, -0.05) is 6.92 Å². The van der Waals surface area contributed by atoms with Crippen LogP contribution >= 0.6 is 0 Å². The number of hydrogen-bond acceptors (Lipinski definition) is 3. The van der Waals surface area contributed by atoms with Gasteiger partial charge in [0.2, 0.25) is 0 Å². The molecule has 1 unspecified atom stereocenters. The maximum absolute atomic E-state index is 5.35. The first kappa shape index (κ1) is 7.80. The highest BCUT2D eigenvalue weighted by Crippen LogP contribution is 2.16. The van der Waals surface area contributed by atoms with Crippen LogP contribution in [-0.2, 0) is 4.74 Å². The predicted octanol–water partition coefficient (Wildman–Crippen LogP) is 1.07. The molecule has 2 heterocycles. The van der Waals surface area contributed by atoms with Crippen LogP contribution in [0.2, 0.25) is 0 Å². The molecule has 0 radical (unpaired) electrons. The molecule has 3 nitrogen and oxygen atoms in total. The van der Waals surface area contributed by atoms with Crippen molar-refractivity contribution in [2.75, 3.05) is 13.2 Å². The molecule has 0 aromatic rings. The summed E-state index contributed by atoms with van der Waals surface area (Å²) in [5.41, 5.74) is 2.56. The molecular formula is C9H14N2O. The van der Waals surface area contributed by atoms with Gasteiger partial charge in [0.25, 0.3) is 0 Å². The smallest absolute Gasteiger partial charge is 0.118 e. The second-order valence-electron chi connectivity index (χ2n) is 3.15. The molecule has 2 aliphatic rings. The molecule has 12 heavy (non-hydrogen) atoms. The van der Waals surface area contributed by atoms with E-state index in [4.69, 9.17) is 4.74 Å². The number of nitrogens with one attached hydrogen (secondary N) is 1. The van der Waals surface area contributed by atoms with Gasteiger partial charge >= 0.3 is 0 Å². The summed E-state index contributed by atoms with van der Waals surface area (Å²) < 4.78 is 5.35. The molecule has 0 saturated heterocycles. The highest BCUT2D eigenvalue weighted by molar-refractivity contribution is 5.80. The first-order valence-corrected chi connectivity index (χ1v) is 4.49. The number of aliphatic imine (C=N–C) groups is 1. The molecule has 66 valence electrons. The van der Waals surface area contributed by atoms with E-state index in [-0.39, 0.29) is 6.17 Å². The van der Waals surface area contributed by atoms with E-state index >= 15 is 0 Å². The predicted molar refractivity (Wildman–Crippen MR) is 48.2 cm³/mol. The van der Waals surface area contributed by atoms with Gasteiger partial charge in [-0.05, 0) is 18.4 Å². The second kappa shape index (κ2) is 3.27. The molecule has 0 saturated carbocycles. The quantitative estimate of drug-likeness (QED) is 0.632. The molecule has 0 fully saturated rings. The average Bonchev–Trinajstić information content (AvgIpc) is 2.17. The molecule has 2 aliphatic heterocycles. The van der Waals surface area contributed by atoms with Crippen molar-refractivity contribution < 1.29 is 4.74 Å². The summed E-state index contributed by atoms with van der Waals surface area (Å²) in [7, 11) is 0. The monoisotopic (exact) mass is 166 g/mol. The zero-order valence-electron chi connectivity index (χ0n) is 7.34. The standard InChI is InChI=1S/C9H14N2O/c1-2-9-10-5-7-3-4-12-6-8(7)11-9/h5,9,11H,2-4,6H2,1H3. The number of rotatable bonds is 1. The van der Waals surface area contributed by atoms with Gasteiger partial charge in [-0.2, -0.15) is 0 Å². The Morgan fingerprint density at radius 2 is 2.67 bits per heavy atom. The van der Waals surface area contributed by atoms with Crippen LogP contribution in [0.1, 0.15) is 19.8 Å². The van der Waals surface area contributed by atoms with E-state index < -0.39 is 0 Å². The van der Waals surface area contributed by atoms with Gasteiger partial charge in [0, 0.05) is 11.9 Å². The first-order valence-electron chi connectivity index (χ1n) is 4.49. The molecular weight excluding hydrogens is 152 g/mol. The maximum atomic E-state index is 5.35. The Morgan fingerprint density at radius 3 is 3.50 bits per heavy atom. The molecule has 1 atom stereocenters. The fourth-order valence-electron chi connectivity index (χ4n) is 1.50. The number of ether oxygens (including phenoxy) is 1. The van der Waals surface area contributed by atoms with Crippen molar-refractivity contribution in [3.8, 4) is 0 Å². The summed E-state index contributed by atoms with van der Waals surface area (Å²) in [6.07, 6.45) is 4.31. The Balaban J connectivity index is 2.12. The first-order chi connectivity index (χ1) is 5.90. The summed E-state index contributed by atoms with van der Waals surface area (Å²) >= 11 is 0. The summed E-state index contributed by atoms with van der Waals surface area (Å²) in [6, 6.07) is 0. The lowest BCUT2D eigenvalue weighted by Gasteiger charge is -2.26. The van der Waals surface area contributed by atoms with Crippen molar-refractivity contribution in [3.05, 3.63) is 11.3 Å². The normalized spacial score (nSPS) is 28.2. The summed E-state index contributed by atoms with van der Waals surface area (Å²) in [5, 5.41) is 3.36. The minimum absolute atomic E-state index is 0.269. The van der Waals surface area contributed by atoms with Crippen LogP contribution < -0.4 is 5.32 Å². The topological polar surface area (TPSA) is 33.6 Å². The Kier molecular flexibility index (Phi) is 2.13. The Bertz CT molecular complexity index is 233. The average molecular weight is 166 g/mol. The fraction of sp³-hybridized carbons (Fsp3) is 0.667. The minimum Gasteiger partial charge on any atom is -0.375 e. The van der Waals surface area contributed by atoms with Gasteiger partial charge in [-0.3, -0.25) is 4.99 Å². The van der Waals surface area contributed by atoms with E-state index in [2.05, 4.69) is 17.2 Å².